The first-order valence-corrected chi connectivity index (χ1v) is 10.6. The molecule has 0 bridgehead atoms. The number of esters is 1. The number of hydrogen-bond donors (Lipinski definition) is 1. The van der Waals surface area contributed by atoms with Crippen molar-refractivity contribution in [3.63, 3.8) is 0 Å². The minimum atomic E-state index is -0.513. The highest BCUT2D eigenvalue weighted by atomic mass is 16.5. The zero-order valence-electron chi connectivity index (χ0n) is 18.8. The molecule has 0 spiro atoms. The summed E-state index contributed by atoms with van der Waals surface area (Å²) in [5.74, 6) is -0.786. The van der Waals surface area contributed by atoms with Crippen LogP contribution in [0.1, 0.15) is 32.3 Å². The standard InChI is InChI=1S/C24H32N4O3/c1-26(2)19-11-9-18(10-12-19)22(28-15-13-27(3)14-16-28)17-25-23(29)20-7-5-6-8-21(20)24(30)31-4/h5-12,22H,13-17H2,1-4H3,(H,25,29)/t22-/m1/s1. The van der Waals surface area contributed by atoms with Crippen LogP contribution in [0.25, 0.3) is 0 Å². The molecule has 7 nitrogen and oxygen atoms in total. The van der Waals surface area contributed by atoms with Crippen molar-refractivity contribution in [1.82, 2.24) is 15.1 Å². The Morgan fingerprint density at radius 3 is 2.19 bits per heavy atom. The number of anilines is 1. The lowest BCUT2D eigenvalue weighted by Gasteiger charge is -2.38. The lowest BCUT2D eigenvalue weighted by molar-refractivity contribution is 0.0596. The summed E-state index contributed by atoms with van der Waals surface area (Å²) >= 11 is 0. The Bertz CT molecular complexity index is 890. The molecule has 0 unspecified atom stereocenters. The van der Waals surface area contributed by atoms with Gasteiger partial charge in [0.05, 0.1) is 24.3 Å². The molecule has 1 N–H and O–H groups in total. The molecule has 1 atom stereocenters. The molecule has 1 fully saturated rings. The molecule has 0 radical (unpaired) electrons. The first kappa shape index (κ1) is 22.8. The SMILES string of the molecule is COC(=O)c1ccccc1C(=O)NC[C@H](c1ccc(N(C)C)cc1)N1CCN(C)CC1. The van der Waals surface area contributed by atoms with E-state index in [4.69, 9.17) is 4.74 Å². The third-order valence-corrected chi connectivity index (χ3v) is 5.81. The molecule has 2 aromatic rings. The Balaban J connectivity index is 1.79. The van der Waals surface area contributed by atoms with Crippen molar-refractivity contribution >= 4 is 17.6 Å². The van der Waals surface area contributed by atoms with E-state index in [-0.39, 0.29) is 17.5 Å². The number of nitrogens with zero attached hydrogens (tertiary/aromatic N) is 3. The van der Waals surface area contributed by atoms with E-state index in [2.05, 4.69) is 51.3 Å². The Morgan fingerprint density at radius 2 is 1.61 bits per heavy atom. The van der Waals surface area contributed by atoms with Crippen molar-refractivity contribution in [2.45, 2.75) is 6.04 Å². The molecule has 7 heteroatoms. The average molecular weight is 425 g/mol. The van der Waals surface area contributed by atoms with Gasteiger partial charge in [0.25, 0.3) is 5.91 Å². The van der Waals surface area contributed by atoms with Gasteiger partial charge >= 0.3 is 5.97 Å². The van der Waals surface area contributed by atoms with Gasteiger partial charge in [0, 0.05) is 52.5 Å². The number of nitrogens with one attached hydrogen (secondary N) is 1. The molecule has 0 saturated carbocycles. The van der Waals surface area contributed by atoms with E-state index in [1.807, 2.05) is 14.1 Å². The van der Waals surface area contributed by atoms with E-state index < -0.39 is 5.97 Å². The van der Waals surface area contributed by atoms with E-state index in [9.17, 15) is 9.59 Å². The number of benzene rings is 2. The number of methoxy groups -OCH3 is 1. The lowest BCUT2D eigenvalue weighted by atomic mass is 10.0. The zero-order valence-corrected chi connectivity index (χ0v) is 18.8. The van der Waals surface area contributed by atoms with Crippen LogP contribution in [-0.2, 0) is 4.74 Å². The minimum absolute atomic E-state index is 0.0548. The Labute approximate surface area is 184 Å². The fourth-order valence-corrected chi connectivity index (χ4v) is 3.84. The molecule has 3 rings (SSSR count). The molecule has 1 saturated heterocycles. The van der Waals surface area contributed by atoms with E-state index in [0.717, 1.165) is 37.4 Å². The summed E-state index contributed by atoms with van der Waals surface area (Å²) in [6.45, 7) is 4.31. The van der Waals surface area contributed by atoms with Crippen molar-refractivity contribution in [3.8, 4) is 0 Å². The van der Waals surface area contributed by atoms with Gasteiger partial charge in [-0.1, -0.05) is 24.3 Å². The largest absolute Gasteiger partial charge is 0.465 e. The summed E-state index contributed by atoms with van der Waals surface area (Å²) in [5.41, 5.74) is 2.90. The van der Waals surface area contributed by atoms with Crippen LogP contribution in [0.5, 0.6) is 0 Å². The molecule has 1 aliphatic rings. The number of carbonyl (C=O) groups excluding carboxylic acids is 2. The van der Waals surface area contributed by atoms with E-state index in [1.165, 1.54) is 7.11 Å². The summed E-state index contributed by atoms with van der Waals surface area (Å²) in [7, 11) is 7.49. The Kier molecular flexibility index (Phi) is 7.65. The molecular weight excluding hydrogens is 392 g/mol. The van der Waals surface area contributed by atoms with Crippen LogP contribution < -0.4 is 10.2 Å². The van der Waals surface area contributed by atoms with Crippen molar-refractivity contribution in [1.29, 1.82) is 0 Å². The van der Waals surface area contributed by atoms with Crippen molar-refractivity contribution in [2.24, 2.45) is 0 Å². The van der Waals surface area contributed by atoms with Crippen LogP contribution >= 0.6 is 0 Å². The predicted octanol–water partition coefficient (Wildman–Crippen LogP) is 2.26. The molecule has 1 heterocycles. The highest BCUT2D eigenvalue weighted by Crippen LogP contribution is 2.24. The molecule has 1 aliphatic heterocycles. The number of hydrogen-bond acceptors (Lipinski definition) is 6. The molecule has 166 valence electrons. The van der Waals surface area contributed by atoms with Crippen LogP contribution in [-0.4, -0.2) is 82.7 Å². The molecule has 0 aliphatic carbocycles. The average Bonchev–Trinajstić information content (AvgIpc) is 2.80. The fourth-order valence-electron chi connectivity index (χ4n) is 3.84. The Morgan fingerprint density at radius 1 is 1.00 bits per heavy atom. The number of ether oxygens (including phenoxy) is 1. The molecule has 0 aromatic heterocycles. The monoisotopic (exact) mass is 424 g/mol. The smallest absolute Gasteiger partial charge is 0.338 e. The quantitative estimate of drug-likeness (QED) is 0.688. The van der Waals surface area contributed by atoms with Gasteiger partial charge in [-0.05, 0) is 36.9 Å². The predicted molar refractivity (Wildman–Crippen MR) is 123 cm³/mol. The second-order valence-electron chi connectivity index (χ2n) is 8.09. The van der Waals surface area contributed by atoms with E-state index >= 15 is 0 Å². The summed E-state index contributed by atoms with van der Waals surface area (Å²) in [4.78, 5) is 31.8. The van der Waals surface area contributed by atoms with Gasteiger partial charge in [-0.2, -0.15) is 0 Å². The van der Waals surface area contributed by atoms with Gasteiger partial charge in [0.1, 0.15) is 0 Å². The Hall–Kier alpha value is -2.90. The van der Waals surface area contributed by atoms with Crippen molar-refractivity contribution in [2.75, 3.05) is 65.9 Å². The van der Waals surface area contributed by atoms with Gasteiger partial charge in [0.15, 0.2) is 0 Å². The summed E-state index contributed by atoms with van der Waals surface area (Å²) in [6.07, 6.45) is 0. The van der Waals surface area contributed by atoms with Gasteiger partial charge in [-0.3, -0.25) is 9.69 Å². The van der Waals surface area contributed by atoms with E-state index in [0.29, 0.717) is 12.1 Å². The first-order valence-electron chi connectivity index (χ1n) is 10.6. The summed E-state index contributed by atoms with van der Waals surface area (Å²) in [5, 5.41) is 3.05. The van der Waals surface area contributed by atoms with Crippen molar-refractivity contribution < 1.29 is 14.3 Å². The van der Waals surface area contributed by atoms with E-state index in [1.54, 1.807) is 24.3 Å². The maximum absolute atomic E-state index is 12.9. The number of amides is 1. The van der Waals surface area contributed by atoms with Crippen LogP contribution in [0.3, 0.4) is 0 Å². The zero-order chi connectivity index (χ0) is 22.4. The number of rotatable bonds is 7. The summed E-state index contributed by atoms with van der Waals surface area (Å²) in [6, 6.07) is 15.3. The summed E-state index contributed by atoms with van der Waals surface area (Å²) < 4.78 is 4.82. The van der Waals surface area contributed by atoms with Crippen LogP contribution in [0, 0.1) is 0 Å². The normalized spacial score (nSPS) is 15.9. The lowest BCUT2D eigenvalue weighted by Crippen LogP contribution is -2.48. The van der Waals surface area contributed by atoms with Crippen LogP contribution in [0.15, 0.2) is 48.5 Å². The molecule has 31 heavy (non-hydrogen) atoms. The second kappa shape index (κ2) is 10.4. The highest BCUT2D eigenvalue weighted by molar-refractivity contribution is 6.05. The number of carbonyl (C=O) groups is 2. The number of piperazine rings is 1. The topological polar surface area (TPSA) is 65.1 Å². The highest BCUT2D eigenvalue weighted by Gasteiger charge is 2.25. The molecule has 2 aromatic carbocycles. The maximum atomic E-state index is 12.9. The van der Waals surface area contributed by atoms with Gasteiger partial charge in [-0.15, -0.1) is 0 Å². The first-order chi connectivity index (χ1) is 14.9. The number of likely N-dealkylation sites (N-methyl/N-ethyl adjacent to an activating group) is 1. The second-order valence-corrected chi connectivity index (χ2v) is 8.09. The van der Waals surface area contributed by atoms with Gasteiger partial charge in [-0.25, -0.2) is 4.79 Å². The maximum Gasteiger partial charge on any atom is 0.338 e. The van der Waals surface area contributed by atoms with Crippen LogP contribution in [0.2, 0.25) is 0 Å². The van der Waals surface area contributed by atoms with Gasteiger partial charge in [0.2, 0.25) is 0 Å². The third-order valence-electron chi connectivity index (χ3n) is 5.81. The molecular formula is C24H32N4O3. The molecule has 1 amide bonds. The minimum Gasteiger partial charge on any atom is -0.465 e. The van der Waals surface area contributed by atoms with Crippen molar-refractivity contribution in [3.05, 3.63) is 65.2 Å². The fraction of sp³-hybridized carbons (Fsp3) is 0.417. The van der Waals surface area contributed by atoms with Crippen LogP contribution in [0.4, 0.5) is 5.69 Å². The van der Waals surface area contributed by atoms with Gasteiger partial charge < -0.3 is 19.9 Å². The third kappa shape index (κ3) is 5.62.